The molecule has 1 unspecified atom stereocenters. The van der Waals surface area contributed by atoms with Crippen molar-refractivity contribution in [2.75, 3.05) is 0 Å². The van der Waals surface area contributed by atoms with Gasteiger partial charge in [-0.15, -0.1) is 0 Å². The van der Waals surface area contributed by atoms with Crippen LogP contribution in [0, 0.1) is 5.92 Å². The second-order valence-electron chi connectivity index (χ2n) is 3.88. The largest absolute Gasteiger partial charge is 0.593 e. The van der Waals surface area contributed by atoms with Gasteiger partial charge in [-0.1, -0.05) is 11.1 Å². The molecule has 1 aliphatic heterocycles. The number of nitrogens with one attached hydrogen (secondary N) is 1. The van der Waals surface area contributed by atoms with Gasteiger partial charge in [-0.25, -0.2) is 0 Å². The van der Waals surface area contributed by atoms with E-state index in [4.69, 9.17) is 0 Å². The molecule has 72 valence electrons. The molecule has 2 aliphatic rings. The van der Waals surface area contributed by atoms with Gasteiger partial charge in [0.2, 0.25) is 0 Å². The molecule has 0 aromatic carbocycles. The summed E-state index contributed by atoms with van der Waals surface area (Å²) in [5.41, 5.74) is 2.58. The minimum atomic E-state index is -1.14. The van der Waals surface area contributed by atoms with Gasteiger partial charge in [0.15, 0.2) is 5.25 Å². The Morgan fingerprint density at radius 1 is 1.38 bits per heavy atom. The van der Waals surface area contributed by atoms with E-state index in [1.54, 1.807) is 0 Å². The summed E-state index contributed by atoms with van der Waals surface area (Å²) in [7, 11) is 0. The Morgan fingerprint density at radius 2 is 2.00 bits per heavy atom. The van der Waals surface area contributed by atoms with Crippen LogP contribution in [0.2, 0.25) is 0 Å². The minimum absolute atomic E-state index is 0.0243. The Morgan fingerprint density at radius 3 is 2.69 bits per heavy atom. The van der Waals surface area contributed by atoms with Crippen molar-refractivity contribution in [2.45, 2.75) is 31.9 Å². The second-order valence-corrected chi connectivity index (χ2v) is 5.28. The van der Waals surface area contributed by atoms with Crippen molar-refractivity contribution < 1.29 is 9.35 Å². The van der Waals surface area contributed by atoms with Crippen molar-refractivity contribution in [1.29, 1.82) is 0 Å². The minimum Gasteiger partial charge on any atom is -0.593 e. The van der Waals surface area contributed by atoms with Gasteiger partial charge in [-0.05, 0) is 20.3 Å². The van der Waals surface area contributed by atoms with Crippen molar-refractivity contribution in [1.82, 2.24) is 4.72 Å². The predicted molar refractivity (Wildman–Crippen MR) is 51.2 cm³/mol. The number of hydrogen-bond donors (Lipinski definition) is 1. The number of fused-ring (bicyclic) bond motifs is 1. The first-order valence-corrected chi connectivity index (χ1v) is 5.67. The summed E-state index contributed by atoms with van der Waals surface area (Å²) >= 11 is -1.14. The summed E-state index contributed by atoms with van der Waals surface area (Å²) in [6.45, 7) is 4.12. The summed E-state index contributed by atoms with van der Waals surface area (Å²) in [6.07, 6.45) is 1.59. The average molecular weight is 199 g/mol. The van der Waals surface area contributed by atoms with Crippen molar-refractivity contribution in [3.8, 4) is 0 Å². The van der Waals surface area contributed by atoms with Gasteiger partial charge >= 0.3 is 0 Å². The number of allylic oxidation sites excluding steroid dienone is 2. The summed E-state index contributed by atoms with van der Waals surface area (Å²) in [5.74, 6) is -0.0697. The monoisotopic (exact) mass is 199 g/mol. The molecule has 1 aliphatic carbocycles. The second kappa shape index (κ2) is 3.03. The van der Waals surface area contributed by atoms with Crippen LogP contribution >= 0.6 is 0 Å². The lowest BCUT2D eigenvalue weighted by Crippen LogP contribution is -2.28. The topological polar surface area (TPSA) is 52.2 Å². The average Bonchev–Trinajstić information content (AvgIpc) is 2.31. The first kappa shape index (κ1) is 9.09. The highest BCUT2D eigenvalue weighted by molar-refractivity contribution is 7.91. The number of hydrogen-bond acceptors (Lipinski definition) is 2. The molecule has 1 N–H and O–H groups in total. The van der Waals surface area contributed by atoms with Crippen LogP contribution in [0.5, 0.6) is 0 Å². The van der Waals surface area contributed by atoms with Crippen molar-refractivity contribution >= 4 is 17.3 Å². The third-order valence-corrected chi connectivity index (χ3v) is 4.47. The molecular formula is C9H13NO2S. The molecule has 3 nitrogen and oxygen atoms in total. The van der Waals surface area contributed by atoms with Gasteiger partial charge in [0.1, 0.15) is 0 Å². The van der Waals surface area contributed by atoms with E-state index in [1.807, 2.05) is 0 Å². The molecule has 0 bridgehead atoms. The Hall–Kier alpha value is -0.480. The summed E-state index contributed by atoms with van der Waals surface area (Å²) < 4.78 is 13.9. The van der Waals surface area contributed by atoms with E-state index in [1.165, 1.54) is 11.1 Å². The van der Waals surface area contributed by atoms with Gasteiger partial charge in [-0.2, -0.15) is 4.72 Å². The number of carbonyl (C=O) groups excluding carboxylic acids is 1. The molecule has 0 aromatic heterocycles. The molecule has 1 amide bonds. The normalized spacial score (nSPS) is 39.0. The molecular weight excluding hydrogens is 186 g/mol. The molecule has 0 aromatic rings. The van der Waals surface area contributed by atoms with Gasteiger partial charge in [0.25, 0.3) is 5.91 Å². The van der Waals surface area contributed by atoms with E-state index in [2.05, 4.69) is 18.6 Å². The molecule has 0 spiro atoms. The van der Waals surface area contributed by atoms with Crippen LogP contribution in [0.25, 0.3) is 0 Å². The first-order chi connectivity index (χ1) is 6.09. The van der Waals surface area contributed by atoms with Gasteiger partial charge in [-0.3, -0.25) is 4.79 Å². The maximum atomic E-state index is 11.4. The van der Waals surface area contributed by atoms with E-state index in [-0.39, 0.29) is 17.1 Å². The molecule has 0 saturated carbocycles. The Bertz CT molecular complexity index is 287. The van der Waals surface area contributed by atoms with Crippen LogP contribution in [-0.4, -0.2) is 15.7 Å². The Kier molecular flexibility index (Phi) is 2.12. The van der Waals surface area contributed by atoms with Crippen LogP contribution in [0.1, 0.15) is 26.7 Å². The van der Waals surface area contributed by atoms with Gasteiger partial charge in [0.05, 0.1) is 17.3 Å². The lowest BCUT2D eigenvalue weighted by molar-refractivity contribution is -0.122. The van der Waals surface area contributed by atoms with Gasteiger partial charge in [0, 0.05) is 6.42 Å². The third-order valence-electron chi connectivity index (χ3n) is 3.02. The number of carbonyl (C=O) groups is 1. The fraction of sp³-hybridized carbons (Fsp3) is 0.667. The fourth-order valence-electron chi connectivity index (χ4n) is 1.99. The SMILES string of the molecule is CC1=C(C)C[C@@H]2[C@H](C1)C(=O)N[S+]2[O-]. The zero-order chi connectivity index (χ0) is 9.59. The highest BCUT2D eigenvalue weighted by Crippen LogP contribution is 2.36. The zero-order valence-electron chi connectivity index (χ0n) is 7.79. The predicted octanol–water partition coefficient (Wildman–Crippen LogP) is 0.895. The van der Waals surface area contributed by atoms with Gasteiger partial charge < -0.3 is 4.55 Å². The number of amides is 1. The maximum Gasteiger partial charge on any atom is 0.269 e. The lowest BCUT2D eigenvalue weighted by Gasteiger charge is -2.23. The highest BCUT2D eigenvalue weighted by Gasteiger charge is 2.48. The van der Waals surface area contributed by atoms with Crippen molar-refractivity contribution in [2.24, 2.45) is 5.92 Å². The van der Waals surface area contributed by atoms with Crippen LogP contribution in [-0.2, 0) is 16.2 Å². The third kappa shape index (κ3) is 1.38. The molecule has 4 heteroatoms. The molecule has 1 fully saturated rings. The van der Waals surface area contributed by atoms with Crippen molar-refractivity contribution in [3.63, 3.8) is 0 Å². The molecule has 0 radical (unpaired) electrons. The smallest absolute Gasteiger partial charge is 0.269 e. The molecule has 1 heterocycles. The van der Waals surface area contributed by atoms with Crippen LogP contribution in [0.15, 0.2) is 11.1 Å². The van der Waals surface area contributed by atoms with Crippen LogP contribution in [0.3, 0.4) is 0 Å². The molecule has 3 atom stereocenters. The lowest BCUT2D eigenvalue weighted by atomic mass is 9.84. The Labute approximate surface area is 80.9 Å². The zero-order valence-corrected chi connectivity index (χ0v) is 8.61. The van der Waals surface area contributed by atoms with E-state index < -0.39 is 11.4 Å². The van der Waals surface area contributed by atoms with E-state index >= 15 is 0 Å². The van der Waals surface area contributed by atoms with Crippen LogP contribution in [0.4, 0.5) is 0 Å². The highest BCUT2D eigenvalue weighted by atomic mass is 32.2. The molecule has 13 heavy (non-hydrogen) atoms. The summed E-state index contributed by atoms with van der Waals surface area (Å²) in [5, 5.41) is 0.0243. The quantitative estimate of drug-likeness (QED) is 0.465. The van der Waals surface area contributed by atoms with E-state index in [9.17, 15) is 9.35 Å². The molecule has 2 rings (SSSR count). The maximum absolute atomic E-state index is 11.4. The van der Waals surface area contributed by atoms with Crippen LogP contribution < -0.4 is 4.72 Å². The van der Waals surface area contributed by atoms with E-state index in [0.29, 0.717) is 0 Å². The molecule has 1 saturated heterocycles. The summed E-state index contributed by atoms with van der Waals surface area (Å²) in [6, 6.07) is 0. The first-order valence-electron chi connectivity index (χ1n) is 4.46. The fourth-order valence-corrected chi connectivity index (χ4v) is 3.41. The Balaban J connectivity index is 2.26. The van der Waals surface area contributed by atoms with E-state index in [0.717, 1.165) is 12.8 Å². The summed E-state index contributed by atoms with van der Waals surface area (Å²) in [4.78, 5) is 11.3. The number of rotatable bonds is 0. The van der Waals surface area contributed by atoms with Crippen molar-refractivity contribution in [3.05, 3.63) is 11.1 Å². The standard InChI is InChI=1S/C9H13NO2S/c1-5-3-7-8(4-6(5)2)13(12)10-9(7)11/h7-8H,3-4H2,1-2H3,(H,10,11)/t7-,8+,13?/m0/s1.